The summed E-state index contributed by atoms with van der Waals surface area (Å²) in [6, 6.07) is 4.63. The Hall–Kier alpha value is -3.22. The molecule has 1 amide bonds. The Morgan fingerprint density at radius 2 is 1.79 bits per heavy atom. The van der Waals surface area contributed by atoms with Gasteiger partial charge in [0.1, 0.15) is 16.5 Å². The van der Waals surface area contributed by atoms with Crippen LogP contribution in [0.3, 0.4) is 0 Å². The van der Waals surface area contributed by atoms with Gasteiger partial charge < -0.3 is 20.1 Å². The highest BCUT2D eigenvalue weighted by Gasteiger charge is 2.31. The maximum atomic E-state index is 13.6. The van der Waals surface area contributed by atoms with Crippen LogP contribution in [0, 0.1) is 23.7 Å². The molecule has 210 valence electrons. The minimum Gasteiger partial charge on any atom is -0.469 e. The van der Waals surface area contributed by atoms with Gasteiger partial charge in [-0.15, -0.1) is 0 Å². The highest BCUT2D eigenvalue weighted by atomic mass is 35.5. The number of allylic oxidation sites excluding steroid dienone is 4. The monoisotopic (exact) mass is 564 g/mol. The minimum absolute atomic E-state index is 0.00976. The van der Waals surface area contributed by atoms with E-state index in [-0.39, 0.29) is 35.2 Å². The molecule has 2 N–H and O–H groups in total. The Morgan fingerprint density at radius 1 is 1.15 bits per heavy atom. The third-order valence-corrected chi connectivity index (χ3v) is 6.88. The topological polar surface area (TPSA) is 78.9 Å². The molecule has 0 aromatic heterocycles. The van der Waals surface area contributed by atoms with Gasteiger partial charge in [-0.2, -0.15) is 13.2 Å². The van der Waals surface area contributed by atoms with Gasteiger partial charge in [0.25, 0.3) is 5.91 Å². The maximum absolute atomic E-state index is 13.6. The van der Waals surface area contributed by atoms with Crippen LogP contribution in [0.25, 0.3) is 0 Å². The predicted molar refractivity (Wildman–Crippen MR) is 142 cm³/mol. The molecule has 0 radical (unpaired) electrons. The van der Waals surface area contributed by atoms with Crippen molar-refractivity contribution in [3.63, 3.8) is 0 Å². The fourth-order valence-corrected chi connectivity index (χ4v) is 4.65. The summed E-state index contributed by atoms with van der Waals surface area (Å²) >= 11 is 6.54. The fraction of sp³-hybridized carbons (Fsp3) is 0.448. The lowest BCUT2D eigenvalue weighted by Crippen LogP contribution is -2.38. The van der Waals surface area contributed by atoms with Crippen LogP contribution in [0.5, 0.6) is 0 Å². The van der Waals surface area contributed by atoms with Crippen LogP contribution in [0.15, 0.2) is 58.9 Å². The van der Waals surface area contributed by atoms with E-state index in [0.29, 0.717) is 30.5 Å². The molecule has 1 heterocycles. The van der Waals surface area contributed by atoms with Gasteiger partial charge in [-0.3, -0.25) is 9.59 Å². The zero-order chi connectivity index (χ0) is 28.8. The van der Waals surface area contributed by atoms with Crippen molar-refractivity contribution in [3.05, 3.63) is 70.0 Å². The van der Waals surface area contributed by atoms with Gasteiger partial charge in [0.05, 0.1) is 24.2 Å². The second kappa shape index (κ2) is 12.8. The van der Waals surface area contributed by atoms with E-state index in [0.717, 1.165) is 25.0 Å². The summed E-state index contributed by atoms with van der Waals surface area (Å²) in [6.45, 7) is 3.39. The SMILES string of the molecule is COC(=O)C1CCC(CNC(=O)C2=C(C#CC(C)(C)O)C=CC=C(Cl)N2Cc2ccc(C(F)(F)F)cc2)CC1. The first-order chi connectivity index (χ1) is 18.3. The molecule has 1 aromatic carbocycles. The molecule has 39 heavy (non-hydrogen) atoms. The van der Waals surface area contributed by atoms with E-state index in [1.165, 1.54) is 38.0 Å². The van der Waals surface area contributed by atoms with Crippen molar-refractivity contribution in [2.45, 2.75) is 57.9 Å². The molecule has 2 aliphatic rings. The van der Waals surface area contributed by atoms with Crippen LogP contribution >= 0.6 is 11.6 Å². The van der Waals surface area contributed by atoms with E-state index in [1.807, 2.05) is 0 Å². The molecule has 0 spiro atoms. The number of nitrogens with one attached hydrogen (secondary N) is 1. The number of amides is 1. The lowest BCUT2D eigenvalue weighted by molar-refractivity contribution is -0.147. The summed E-state index contributed by atoms with van der Waals surface area (Å²) < 4.78 is 44.0. The number of hydrogen-bond acceptors (Lipinski definition) is 5. The number of halogens is 4. The number of aliphatic hydroxyl groups is 1. The third kappa shape index (κ3) is 8.64. The van der Waals surface area contributed by atoms with Crippen molar-refractivity contribution in [1.29, 1.82) is 0 Å². The molecule has 0 unspecified atom stereocenters. The third-order valence-electron chi connectivity index (χ3n) is 6.55. The summed E-state index contributed by atoms with van der Waals surface area (Å²) in [5, 5.41) is 13.3. The largest absolute Gasteiger partial charge is 0.469 e. The van der Waals surface area contributed by atoms with Gasteiger partial charge in [0.15, 0.2) is 0 Å². The van der Waals surface area contributed by atoms with E-state index in [2.05, 4.69) is 17.2 Å². The normalized spacial score (nSPS) is 20.0. The van der Waals surface area contributed by atoms with Gasteiger partial charge >= 0.3 is 12.1 Å². The number of ether oxygens (including phenoxy) is 1. The summed E-state index contributed by atoms with van der Waals surface area (Å²) in [7, 11) is 1.37. The average Bonchev–Trinajstić information content (AvgIpc) is 3.03. The summed E-state index contributed by atoms with van der Waals surface area (Å²) in [5.74, 6) is 4.91. The molecular weight excluding hydrogens is 533 g/mol. The second-order valence-corrected chi connectivity index (χ2v) is 10.5. The molecule has 1 aromatic rings. The van der Waals surface area contributed by atoms with Crippen LogP contribution in [0.4, 0.5) is 13.2 Å². The summed E-state index contributed by atoms with van der Waals surface area (Å²) in [5.41, 5.74) is -1.20. The fourth-order valence-electron chi connectivity index (χ4n) is 4.44. The Morgan fingerprint density at radius 3 is 2.36 bits per heavy atom. The van der Waals surface area contributed by atoms with E-state index in [9.17, 15) is 27.9 Å². The first-order valence-electron chi connectivity index (χ1n) is 12.6. The van der Waals surface area contributed by atoms with Gasteiger partial charge in [0, 0.05) is 13.1 Å². The van der Waals surface area contributed by atoms with Crippen molar-refractivity contribution < 1.29 is 32.6 Å². The molecule has 10 heteroatoms. The number of rotatable bonds is 6. The summed E-state index contributed by atoms with van der Waals surface area (Å²) in [4.78, 5) is 26.9. The maximum Gasteiger partial charge on any atom is 0.416 e. The second-order valence-electron chi connectivity index (χ2n) is 10.2. The van der Waals surface area contributed by atoms with Crippen molar-refractivity contribution in [2.24, 2.45) is 11.8 Å². The van der Waals surface area contributed by atoms with Crippen LogP contribution in [-0.4, -0.2) is 41.1 Å². The number of carbonyl (C=O) groups is 2. The quantitative estimate of drug-likeness (QED) is 0.279. The number of alkyl halides is 3. The van der Waals surface area contributed by atoms with Crippen molar-refractivity contribution in [1.82, 2.24) is 10.2 Å². The lowest BCUT2D eigenvalue weighted by atomic mass is 9.82. The van der Waals surface area contributed by atoms with Crippen LogP contribution in [0.1, 0.15) is 50.7 Å². The molecule has 1 aliphatic heterocycles. The molecule has 0 atom stereocenters. The highest BCUT2D eigenvalue weighted by molar-refractivity contribution is 6.29. The highest BCUT2D eigenvalue weighted by Crippen LogP contribution is 2.32. The van der Waals surface area contributed by atoms with Crippen molar-refractivity contribution in [2.75, 3.05) is 13.7 Å². The lowest BCUT2D eigenvalue weighted by Gasteiger charge is -2.29. The Balaban J connectivity index is 1.87. The van der Waals surface area contributed by atoms with Crippen molar-refractivity contribution >= 4 is 23.5 Å². The standard InChI is InChI=1S/C29H32ClF3N2O4/c1-28(2,38)16-15-21-5-4-6-24(30)35(18-20-9-13-23(14-10-20)29(31,32)33)25(21)26(36)34-17-19-7-11-22(12-8-19)27(37)39-3/h4-6,9-10,13-14,19,22,38H,7-8,11-12,17-18H2,1-3H3,(H,34,36). The van der Waals surface area contributed by atoms with Gasteiger partial charge in [-0.1, -0.05) is 41.7 Å². The van der Waals surface area contributed by atoms with Crippen LogP contribution in [-0.2, 0) is 27.0 Å². The van der Waals surface area contributed by atoms with Gasteiger partial charge in [-0.05, 0) is 75.3 Å². The molecule has 1 aliphatic carbocycles. The molecule has 1 saturated carbocycles. The first kappa shape index (κ1) is 30.3. The zero-order valence-corrected chi connectivity index (χ0v) is 22.8. The zero-order valence-electron chi connectivity index (χ0n) is 22.1. The smallest absolute Gasteiger partial charge is 0.416 e. The first-order valence-corrected chi connectivity index (χ1v) is 13.0. The molecule has 6 nitrogen and oxygen atoms in total. The van der Waals surface area contributed by atoms with E-state index >= 15 is 0 Å². The average molecular weight is 565 g/mol. The van der Waals surface area contributed by atoms with Crippen LogP contribution in [0.2, 0.25) is 0 Å². The minimum atomic E-state index is -4.47. The van der Waals surface area contributed by atoms with E-state index in [1.54, 1.807) is 18.2 Å². The molecule has 0 bridgehead atoms. The van der Waals surface area contributed by atoms with E-state index in [4.69, 9.17) is 16.3 Å². The van der Waals surface area contributed by atoms with Crippen LogP contribution < -0.4 is 5.32 Å². The predicted octanol–water partition coefficient (Wildman–Crippen LogP) is 5.28. The molecule has 1 fully saturated rings. The number of esters is 1. The van der Waals surface area contributed by atoms with E-state index < -0.39 is 23.2 Å². The number of methoxy groups -OCH3 is 1. The Labute approximate surface area is 231 Å². The molecule has 0 saturated heterocycles. The molecule has 3 rings (SSSR count). The number of hydrogen-bond donors (Lipinski definition) is 2. The van der Waals surface area contributed by atoms with Gasteiger partial charge in [-0.25, -0.2) is 0 Å². The van der Waals surface area contributed by atoms with Crippen molar-refractivity contribution in [3.8, 4) is 11.8 Å². The van der Waals surface area contributed by atoms with Gasteiger partial charge in [0.2, 0.25) is 0 Å². The molecular formula is C29H32ClF3N2O4. The Kier molecular flexibility index (Phi) is 9.92. The number of nitrogens with zero attached hydrogens (tertiary/aromatic N) is 1. The number of carbonyl (C=O) groups excluding carboxylic acids is 2. The Bertz CT molecular complexity index is 1210. The summed E-state index contributed by atoms with van der Waals surface area (Å²) in [6.07, 6.45) is 3.16. The number of benzene rings is 1.